The van der Waals surface area contributed by atoms with Crippen molar-refractivity contribution < 1.29 is 18.0 Å². The number of pyridine rings is 1. The van der Waals surface area contributed by atoms with Gasteiger partial charge in [0.2, 0.25) is 0 Å². The Morgan fingerprint density at radius 2 is 1.86 bits per heavy atom. The molecule has 7 heteroatoms. The van der Waals surface area contributed by atoms with Crippen LogP contribution in [0.5, 0.6) is 0 Å². The third-order valence-corrected chi connectivity index (χ3v) is 4.16. The van der Waals surface area contributed by atoms with Gasteiger partial charge >= 0.3 is 6.18 Å². The molecule has 2 aromatic rings. The molecule has 0 aliphatic heterocycles. The number of alkyl halides is 3. The normalized spacial score (nSPS) is 11.5. The molecular formula is C14H8BrClF3NO. The number of carbonyl (C=O) groups excluding carboxylic acids is 1. The molecule has 0 amide bonds. The molecule has 0 atom stereocenters. The minimum atomic E-state index is -4.60. The van der Waals surface area contributed by atoms with E-state index in [1.807, 2.05) is 0 Å². The standard InChI is InChI=1S/C14H8BrClF3NO/c1-7-3-2-4-8(11(7)15)12(21)9-5-6-10(14(17,18)19)20-13(9)16/h2-6H,1H3. The molecule has 2 nitrogen and oxygen atoms in total. The van der Waals surface area contributed by atoms with Crippen molar-refractivity contribution in [3.63, 3.8) is 0 Å². The van der Waals surface area contributed by atoms with Crippen LogP contribution in [0.3, 0.4) is 0 Å². The van der Waals surface area contributed by atoms with Crippen molar-refractivity contribution in [2.24, 2.45) is 0 Å². The quantitative estimate of drug-likeness (QED) is 0.540. The molecule has 0 N–H and O–H groups in total. The van der Waals surface area contributed by atoms with Crippen LogP contribution in [0.1, 0.15) is 27.2 Å². The molecule has 0 aliphatic rings. The van der Waals surface area contributed by atoms with E-state index in [9.17, 15) is 18.0 Å². The number of benzene rings is 1. The second-order valence-corrected chi connectivity index (χ2v) is 5.45. The molecule has 0 bridgehead atoms. The Balaban J connectivity index is 2.48. The third kappa shape index (κ3) is 3.27. The number of carbonyl (C=O) groups is 1. The Hall–Kier alpha value is -1.40. The number of aromatic nitrogens is 1. The monoisotopic (exact) mass is 377 g/mol. The summed E-state index contributed by atoms with van der Waals surface area (Å²) in [6.07, 6.45) is -4.60. The van der Waals surface area contributed by atoms with Crippen LogP contribution in [0.25, 0.3) is 0 Å². The van der Waals surface area contributed by atoms with Gasteiger partial charge < -0.3 is 0 Å². The van der Waals surface area contributed by atoms with Crippen LogP contribution >= 0.6 is 27.5 Å². The molecular weight excluding hydrogens is 371 g/mol. The highest BCUT2D eigenvalue weighted by atomic mass is 79.9. The average molecular weight is 379 g/mol. The Morgan fingerprint density at radius 3 is 2.43 bits per heavy atom. The summed E-state index contributed by atoms with van der Waals surface area (Å²) < 4.78 is 38.2. The lowest BCUT2D eigenvalue weighted by Crippen LogP contribution is -2.11. The molecule has 0 unspecified atom stereocenters. The Morgan fingerprint density at radius 1 is 1.19 bits per heavy atom. The van der Waals surface area contributed by atoms with Crippen LogP contribution in [-0.2, 0) is 6.18 Å². The van der Waals surface area contributed by atoms with Crippen molar-refractivity contribution in [1.82, 2.24) is 4.98 Å². The minimum Gasteiger partial charge on any atom is -0.288 e. The number of halogens is 5. The van der Waals surface area contributed by atoms with Crippen molar-refractivity contribution in [3.8, 4) is 0 Å². The smallest absolute Gasteiger partial charge is 0.288 e. The molecule has 0 saturated carbocycles. The van der Waals surface area contributed by atoms with E-state index in [1.54, 1.807) is 25.1 Å². The van der Waals surface area contributed by atoms with Gasteiger partial charge in [0, 0.05) is 10.0 Å². The van der Waals surface area contributed by atoms with Crippen molar-refractivity contribution >= 4 is 33.3 Å². The number of hydrogen-bond acceptors (Lipinski definition) is 2. The van der Waals surface area contributed by atoms with Crippen molar-refractivity contribution in [1.29, 1.82) is 0 Å². The topological polar surface area (TPSA) is 30.0 Å². The summed E-state index contributed by atoms with van der Waals surface area (Å²) in [6.45, 7) is 1.80. The maximum Gasteiger partial charge on any atom is 0.433 e. The van der Waals surface area contributed by atoms with Gasteiger partial charge in [0.05, 0.1) is 5.56 Å². The largest absolute Gasteiger partial charge is 0.433 e. The molecule has 1 aromatic heterocycles. The van der Waals surface area contributed by atoms with E-state index in [0.717, 1.165) is 17.7 Å². The first kappa shape index (κ1) is 16.0. The predicted octanol–water partition coefficient (Wildman–Crippen LogP) is 5.06. The van der Waals surface area contributed by atoms with E-state index in [4.69, 9.17) is 11.6 Å². The lowest BCUT2D eigenvalue weighted by Gasteiger charge is -2.10. The summed E-state index contributed by atoms with van der Waals surface area (Å²) in [5.41, 5.74) is -0.0568. The Bertz CT molecular complexity index is 716. The molecule has 1 aromatic carbocycles. The first-order chi connectivity index (χ1) is 9.71. The van der Waals surface area contributed by atoms with E-state index < -0.39 is 22.8 Å². The van der Waals surface area contributed by atoms with Crippen LogP contribution in [0, 0.1) is 6.92 Å². The first-order valence-electron chi connectivity index (χ1n) is 5.75. The number of nitrogens with zero attached hydrogens (tertiary/aromatic N) is 1. The summed E-state index contributed by atoms with van der Waals surface area (Å²) in [6, 6.07) is 6.82. The zero-order valence-electron chi connectivity index (χ0n) is 10.6. The van der Waals surface area contributed by atoms with Gasteiger partial charge in [0.1, 0.15) is 10.8 Å². The fourth-order valence-electron chi connectivity index (χ4n) is 1.73. The first-order valence-corrected chi connectivity index (χ1v) is 6.92. The van der Waals surface area contributed by atoms with Crippen molar-refractivity contribution in [2.45, 2.75) is 13.1 Å². The van der Waals surface area contributed by atoms with Crippen LogP contribution in [0.4, 0.5) is 13.2 Å². The van der Waals surface area contributed by atoms with Gasteiger partial charge in [-0.05, 0) is 46.6 Å². The highest BCUT2D eigenvalue weighted by molar-refractivity contribution is 9.10. The average Bonchev–Trinajstić information content (AvgIpc) is 2.40. The third-order valence-electron chi connectivity index (χ3n) is 2.82. The minimum absolute atomic E-state index is 0.0732. The van der Waals surface area contributed by atoms with E-state index in [0.29, 0.717) is 10.0 Å². The summed E-state index contributed by atoms with van der Waals surface area (Å²) in [5, 5.41) is -0.469. The van der Waals surface area contributed by atoms with Gasteiger partial charge in [-0.15, -0.1) is 0 Å². The second-order valence-electron chi connectivity index (χ2n) is 4.30. The molecule has 21 heavy (non-hydrogen) atoms. The number of hydrogen-bond donors (Lipinski definition) is 0. The Kier molecular flexibility index (Phi) is 4.39. The highest BCUT2D eigenvalue weighted by Gasteiger charge is 2.33. The van der Waals surface area contributed by atoms with Gasteiger partial charge in [-0.25, -0.2) is 4.98 Å². The van der Waals surface area contributed by atoms with Gasteiger partial charge in [0.25, 0.3) is 0 Å². The van der Waals surface area contributed by atoms with Gasteiger partial charge in [-0.3, -0.25) is 4.79 Å². The fourth-order valence-corrected chi connectivity index (χ4v) is 2.41. The number of rotatable bonds is 2. The van der Waals surface area contributed by atoms with E-state index >= 15 is 0 Å². The molecule has 1 heterocycles. The highest BCUT2D eigenvalue weighted by Crippen LogP contribution is 2.31. The van der Waals surface area contributed by atoms with E-state index in [1.165, 1.54) is 0 Å². The summed E-state index contributed by atoms with van der Waals surface area (Å²) in [5.74, 6) is -0.489. The lowest BCUT2D eigenvalue weighted by atomic mass is 10.0. The Labute approximate surface area is 132 Å². The van der Waals surface area contributed by atoms with Crippen LogP contribution < -0.4 is 0 Å². The van der Waals surface area contributed by atoms with Gasteiger partial charge in [-0.2, -0.15) is 13.2 Å². The van der Waals surface area contributed by atoms with Gasteiger partial charge in [-0.1, -0.05) is 23.7 Å². The van der Waals surface area contributed by atoms with Crippen molar-refractivity contribution in [2.75, 3.05) is 0 Å². The summed E-state index contributed by atoms with van der Waals surface area (Å²) >= 11 is 9.01. The number of aryl methyl sites for hydroxylation is 1. The predicted molar refractivity (Wildman–Crippen MR) is 76.6 cm³/mol. The van der Waals surface area contributed by atoms with Crippen LogP contribution in [0.2, 0.25) is 5.15 Å². The van der Waals surface area contributed by atoms with E-state index in [2.05, 4.69) is 20.9 Å². The molecule has 0 fully saturated rings. The van der Waals surface area contributed by atoms with Crippen LogP contribution in [0.15, 0.2) is 34.8 Å². The molecule has 110 valence electrons. The molecule has 0 radical (unpaired) electrons. The summed E-state index contributed by atoms with van der Waals surface area (Å²) in [4.78, 5) is 15.6. The SMILES string of the molecule is Cc1cccc(C(=O)c2ccc(C(F)(F)F)nc2Cl)c1Br. The van der Waals surface area contributed by atoms with E-state index in [-0.39, 0.29) is 5.56 Å². The molecule has 0 aliphatic carbocycles. The fraction of sp³-hybridized carbons (Fsp3) is 0.143. The molecule has 2 rings (SSSR count). The summed E-state index contributed by atoms with van der Waals surface area (Å²) in [7, 11) is 0. The maximum atomic E-state index is 12.5. The lowest BCUT2D eigenvalue weighted by molar-refractivity contribution is -0.141. The zero-order chi connectivity index (χ0) is 15.8. The maximum absolute atomic E-state index is 12.5. The van der Waals surface area contributed by atoms with Gasteiger partial charge in [0.15, 0.2) is 5.78 Å². The van der Waals surface area contributed by atoms with Crippen molar-refractivity contribution in [3.05, 3.63) is 62.3 Å². The second kappa shape index (κ2) is 5.77. The zero-order valence-corrected chi connectivity index (χ0v) is 13.0. The number of ketones is 1. The molecule has 0 saturated heterocycles. The van der Waals surface area contributed by atoms with Crippen LogP contribution in [-0.4, -0.2) is 10.8 Å². The molecule has 0 spiro atoms.